The molecule has 4 bridgehead atoms. The van der Waals surface area contributed by atoms with Crippen molar-refractivity contribution in [3.63, 3.8) is 0 Å². The number of rotatable bonds is 6. The van der Waals surface area contributed by atoms with Gasteiger partial charge in [-0.25, -0.2) is 9.59 Å². The fourth-order valence-electron chi connectivity index (χ4n) is 6.85. The average molecular weight is 509 g/mol. The number of benzene rings is 3. The maximum absolute atomic E-state index is 11.2. The maximum Gasteiger partial charge on any atom is 0.335 e. The zero-order chi connectivity index (χ0) is 26.3. The second-order valence-corrected chi connectivity index (χ2v) is 10.9. The molecular formula is C32H28O6. The number of ether oxygens (including phenoxy) is 2. The summed E-state index contributed by atoms with van der Waals surface area (Å²) < 4.78 is 12.4. The van der Waals surface area contributed by atoms with Crippen molar-refractivity contribution in [2.75, 3.05) is 0 Å². The molecule has 0 atom stereocenters. The number of aromatic carboxylic acids is 2. The standard InChI is InChI=1S/C32H28O6/c33-30(34)23-4-8-25(9-5-23)37-28-2-1-3-29(38-26-10-6-24(7-11-26)31(35)36)27(28)12-13-32-17-20-14-21(18-32)16-22(15-20)19-32/h1-11,20-22H,14-19H2,(H,33,34)(H,35,36). The fourth-order valence-corrected chi connectivity index (χ4v) is 6.85. The van der Waals surface area contributed by atoms with Gasteiger partial charge in [0.1, 0.15) is 28.6 Å². The molecule has 0 aliphatic heterocycles. The Morgan fingerprint density at radius 1 is 0.684 bits per heavy atom. The Balaban J connectivity index is 1.36. The maximum atomic E-state index is 11.2. The van der Waals surface area contributed by atoms with Gasteiger partial charge in [-0.2, -0.15) is 0 Å². The van der Waals surface area contributed by atoms with E-state index in [1.165, 1.54) is 43.5 Å². The molecule has 0 spiro atoms. The lowest BCUT2D eigenvalue weighted by Gasteiger charge is -2.54. The third kappa shape index (κ3) is 4.84. The van der Waals surface area contributed by atoms with Crippen LogP contribution in [0.3, 0.4) is 0 Å². The Bertz CT molecular complexity index is 1330. The van der Waals surface area contributed by atoms with Crippen LogP contribution in [0.1, 0.15) is 64.8 Å². The first-order chi connectivity index (χ1) is 18.4. The summed E-state index contributed by atoms with van der Waals surface area (Å²) in [5.74, 6) is 9.49. The minimum absolute atomic E-state index is 0.0331. The van der Waals surface area contributed by atoms with Crippen LogP contribution in [0.25, 0.3) is 0 Å². The highest BCUT2D eigenvalue weighted by Gasteiger charge is 2.50. The van der Waals surface area contributed by atoms with Crippen molar-refractivity contribution >= 4 is 11.9 Å². The Kier molecular flexibility index (Phi) is 6.07. The van der Waals surface area contributed by atoms with Gasteiger partial charge in [0, 0.05) is 5.41 Å². The molecule has 0 saturated heterocycles. The molecule has 38 heavy (non-hydrogen) atoms. The zero-order valence-electron chi connectivity index (χ0n) is 20.9. The molecule has 2 N–H and O–H groups in total. The van der Waals surface area contributed by atoms with E-state index in [0.717, 1.165) is 37.0 Å². The Hall–Kier alpha value is -4.24. The average Bonchev–Trinajstić information content (AvgIpc) is 2.88. The van der Waals surface area contributed by atoms with E-state index in [-0.39, 0.29) is 16.5 Å². The summed E-state index contributed by atoms with van der Waals surface area (Å²) in [4.78, 5) is 22.5. The van der Waals surface area contributed by atoms with E-state index >= 15 is 0 Å². The van der Waals surface area contributed by atoms with Gasteiger partial charge in [-0.1, -0.05) is 17.9 Å². The molecule has 3 aromatic carbocycles. The molecule has 4 fully saturated rings. The topological polar surface area (TPSA) is 93.1 Å². The minimum atomic E-state index is -0.997. The smallest absolute Gasteiger partial charge is 0.335 e. The monoisotopic (exact) mass is 508 g/mol. The van der Waals surface area contributed by atoms with Gasteiger partial charge in [0.05, 0.1) is 11.1 Å². The van der Waals surface area contributed by atoms with Gasteiger partial charge in [-0.3, -0.25) is 0 Å². The van der Waals surface area contributed by atoms with E-state index in [9.17, 15) is 19.8 Å². The summed E-state index contributed by atoms with van der Waals surface area (Å²) >= 11 is 0. The quantitative estimate of drug-likeness (QED) is 0.341. The van der Waals surface area contributed by atoms with Crippen LogP contribution in [0.2, 0.25) is 0 Å². The molecule has 0 aromatic heterocycles. The van der Waals surface area contributed by atoms with Crippen molar-refractivity contribution in [1.29, 1.82) is 0 Å². The molecule has 4 saturated carbocycles. The predicted octanol–water partition coefficient (Wildman–Crippen LogP) is 7.24. The summed E-state index contributed by atoms with van der Waals surface area (Å²) in [7, 11) is 0. The van der Waals surface area contributed by atoms with Crippen LogP contribution in [-0.4, -0.2) is 22.2 Å². The van der Waals surface area contributed by atoms with E-state index in [1.807, 2.05) is 18.2 Å². The summed E-state index contributed by atoms with van der Waals surface area (Å²) in [6.07, 6.45) is 7.48. The van der Waals surface area contributed by atoms with Gasteiger partial charge < -0.3 is 19.7 Å². The van der Waals surface area contributed by atoms with Crippen molar-refractivity contribution in [1.82, 2.24) is 0 Å². The Morgan fingerprint density at radius 2 is 1.11 bits per heavy atom. The summed E-state index contributed by atoms with van der Waals surface area (Å²) in [5.41, 5.74) is 1.01. The van der Waals surface area contributed by atoms with Crippen molar-refractivity contribution < 1.29 is 29.3 Å². The number of hydrogen-bond acceptors (Lipinski definition) is 4. The largest absolute Gasteiger partial charge is 0.478 e. The first kappa shape index (κ1) is 24.1. The van der Waals surface area contributed by atoms with Crippen molar-refractivity contribution in [2.24, 2.45) is 23.2 Å². The van der Waals surface area contributed by atoms with Gasteiger partial charge in [-0.15, -0.1) is 0 Å². The summed E-state index contributed by atoms with van der Waals surface area (Å²) in [6.45, 7) is 0. The molecule has 0 heterocycles. The molecule has 3 aromatic rings. The van der Waals surface area contributed by atoms with Gasteiger partial charge in [0.2, 0.25) is 0 Å². The number of carbonyl (C=O) groups is 2. The fraction of sp³-hybridized carbons (Fsp3) is 0.312. The molecule has 7 rings (SSSR count). The lowest BCUT2D eigenvalue weighted by molar-refractivity contribution is -0.0181. The van der Waals surface area contributed by atoms with E-state index < -0.39 is 11.9 Å². The van der Waals surface area contributed by atoms with Gasteiger partial charge >= 0.3 is 11.9 Å². The third-order valence-corrected chi connectivity index (χ3v) is 8.14. The van der Waals surface area contributed by atoms with Gasteiger partial charge in [-0.05, 0) is 117 Å². The van der Waals surface area contributed by atoms with Crippen LogP contribution >= 0.6 is 0 Å². The highest BCUT2D eigenvalue weighted by atomic mass is 16.5. The van der Waals surface area contributed by atoms with Crippen LogP contribution in [0, 0.1) is 35.0 Å². The molecule has 4 aliphatic carbocycles. The number of carboxylic acids is 2. The lowest BCUT2D eigenvalue weighted by Crippen LogP contribution is -2.45. The molecule has 4 aliphatic rings. The van der Waals surface area contributed by atoms with Crippen LogP contribution in [0.5, 0.6) is 23.0 Å². The van der Waals surface area contributed by atoms with E-state index in [4.69, 9.17) is 9.47 Å². The molecule has 0 unspecified atom stereocenters. The number of carboxylic acid groups (broad SMARTS) is 2. The third-order valence-electron chi connectivity index (χ3n) is 8.14. The zero-order valence-corrected chi connectivity index (χ0v) is 20.9. The Morgan fingerprint density at radius 3 is 1.50 bits per heavy atom. The lowest BCUT2D eigenvalue weighted by atomic mass is 9.50. The molecular weight excluding hydrogens is 480 g/mol. The first-order valence-electron chi connectivity index (χ1n) is 13.0. The van der Waals surface area contributed by atoms with Gasteiger partial charge in [0.25, 0.3) is 0 Å². The molecule has 6 heteroatoms. The molecule has 0 radical (unpaired) electrons. The van der Waals surface area contributed by atoms with Crippen LogP contribution in [0.4, 0.5) is 0 Å². The molecule has 0 amide bonds. The first-order valence-corrected chi connectivity index (χ1v) is 13.0. The molecule has 192 valence electrons. The predicted molar refractivity (Wildman–Crippen MR) is 141 cm³/mol. The van der Waals surface area contributed by atoms with Crippen LogP contribution in [0.15, 0.2) is 66.7 Å². The highest BCUT2D eigenvalue weighted by molar-refractivity contribution is 5.88. The van der Waals surface area contributed by atoms with Crippen molar-refractivity contribution in [2.45, 2.75) is 38.5 Å². The van der Waals surface area contributed by atoms with Gasteiger partial charge in [0.15, 0.2) is 0 Å². The Labute approximate surface area is 221 Å². The van der Waals surface area contributed by atoms with E-state index in [0.29, 0.717) is 28.6 Å². The van der Waals surface area contributed by atoms with Crippen LogP contribution in [-0.2, 0) is 0 Å². The normalized spacial score (nSPS) is 24.8. The second kappa shape index (κ2) is 9.57. The summed E-state index contributed by atoms with van der Waals surface area (Å²) in [5, 5.41) is 18.4. The number of hydrogen-bond donors (Lipinski definition) is 2. The van der Waals surface area contributed by atoms with E-state index in [1.54, 1.807) is 24.3 Å². The summed E-state index contributed by atoms with van der Waals surface area (Å²) in [6, 6.07) is 18.0. The SMILES string of the molecule is O=C(O)c1ccc(Oc2cccc(Oc3ccc(C(=O)O)cc3)c2C#CC23CC4CC(CC(C4)C2)C3)cc1. The van der Waals surface area contributed by atoms with Crippen molar-refractivity contribution in [3.05, 3.63) is 83.4 Å². The highest BCUT2D eigenvalue weighted by Crippen LogP contribution is 2.59. The van der Waals surface area contributed by atoms with E-state index in [2.05, 4.69) is 11.8 Å². The second-order valence-electron chi connectivity index (χ2n) is 10.9. The van der Waals surface area contributed by atoms with Crippen molar-refractivity contribution in [3.8, 4) is 34.8 Å². The minimum Gasteiger partial charge on any atom is -0.478 e. The molecule has 6 nitrogen and oxygen atoms in total. The van der Waals surface area contributed by atoms with Crippen LogP contribution < -0.4 is 9.47 Å².